The molecule has 0 bridgehead atoms. The average molecular weight is 680 g/mol. The van der Waals surface area contributed by atoms with Crippen molar-refractivity contribution >= 4 is 12.1 Å². The molecule has 5 aromatic rings. The summed E-state index contributed by atoms with van der Waals surface area (Å²) in [6.45, 7) is 16.5. The molecular weight excluding hydrogens is 636 g/mol. The molecule has 0 saturated carbocycles. The molecule has 2 heteroatoms. The number of hydrogen-bond donors (Lipinski definition) is 0. The van der Waals surface area contributed by atoms with Crippen LogP contribution in [0.5, 0.6) is 0 Å². The van der Waals surface area contributed by atoms with Crippen molar-refractivity contribution in [2.75, 3.05) is 0 Å². The Morgan fingerprint density at radius 3 is 1.91 bits per heavy atom. The first-order valence-electron chi connectivity index (χ1n) is 16.6. The molecule has 1 aromatic heterocycles. The average Bonchev–Trinajstić information content (AvgIpc) is 3.78. The molecule has 1 unspecified atom stereocenters. The molecule has 0 fully saturated rings. The fraction of sp³-hybridized carbons (Fsp3) is 0.250. The fourth-order valence-corrected chi connectivity index (χ4v) is 15.6. The Kier molecular flexibility index (Phi) is 8.01. The van der Waals surface area contributed by atoms with E-state index in [0.717, 1.165) is 12.2 Å². The van der Waals surface area contributed by atoms with Crippen LogP contribution in [-0.4, -0.2) is 3.21 Å². The van der Waals surface area contributed by atoms with Gasteiger partial charge in [0, 0.05) is 0 Å². The van der Waals surface area contributed by atoms with Crippen molar-refractivity contribution in [1.29, 1.82) is 0 Å². The third-order valence-electron chi connectivity index (χ3n) is 9.72. The van der Waals surface area contributed by atoms with E-state index in [1.54, 1.807) is 21.6 Å². The van der Waals surface area contributed by atoms with Crippen LogP contribution in [0.25, 0.3) is 16.7 Å². The van der Waals surface area contributed by atoms with Crippen LogP contribution in [0.15, 0.2) is 129 Å². The first-order valence-corrected chi connectivity index (χ1v) is 20.3. The zero-order valence-electron chi connectivity index (χ0n) is 28.2. The van der Waals surface area contributed by atoms with E-state index < -0.39 is 21.3 Å². The second-order valence-electron chi connectivity index (χ2n) is 15.1. The van der Waals surface area contributed by atoms with Gasteiger partial charge in [-0.3, -0.25) is 0 Å². The predicted molar refractivity (Wildman–Crippen MR) is 192 cm³/mol. The van der Waals surface area contributed by atoms with Crippen molar-refractivity contribution in [2.45, 2.75) is 65.7 Å². The van der Waals surface area contributed by atoms with Gasteiger partial charge in [0.1, 0.15) is 0 Å². The van der Waals surface area contributed by atoms with Gasteiger partial charge in [0.2, 0.25) is 0 Å². The van der Waals surface area contributed by atoms with Crippen molar-refractivity contribution in [1.82, 2.24) is 0 Å². The summed E-state index contributed by atoms with van der Waals surface area (Å²) < 4.78 is 10.7. The van der Waals surface area contributed by atoms with Gasteiger partial charge in [-0.05, 0) is 0 Å². The van der Waals surface area contributed by atoms with Crippen molar-refractivity contribution in [3.63, 3.8) is 0 Å². The Balaban J connectivity index is 1.59. The van der Waals surface area contributed by atoms with E-state index in [1.807, 2.05) is 6.07 Å². The Hall–Kier alpha value is -3.61. The zero-order chi connectivity index (χ0) is 32.2. The monoisotopic (exact) mass is 678 g/mol. The Morgan fingerprint density at radius 1 is 0.696 bits per heavy atom. The molecular formula is C44H44OZr. The molecule has 2 aliphatic rings. The minimum absolute atomic E-state index is 0.0232. The summed E-state index contributed by atoms with van der Waals surface area (Å²) in [6.07, 6.45) is 7.72. The number of furan rings is 1. The molecule has 46 heavy (non-hydrogen) atoms. The summed E-state index contributed by atoms with van der Waals surface area (Å²) >= 11 is -2.93. The van der Waals surface area contributed by atoms with Gasteiger partial charge in [0.25, 0.3) is 0 Å². The van der Waals surface area contributed by atoms with Crippen LogP contribution in [0.1, 0.15) is 87.6 Å². The summed E-state index contributed by atoms with van der Waals surface area (Å²) in [7, 11) is 0. The van der Waals surface area contributed by atoms with Crippen LogP contribution in [0.3, 0.4) is 0 Å². The number of rotatable bonds is 5. The predicted octanol–water partition coefficient (Wildman–Crippen LogP) is 10.6. The maximum absolute atomic E-state index is 5.95. The third kappa shape index (κ3) is 5.75. The Labute approximate surface area is 282 Å². The molecule has 0 radical (unpaired) electrons. The molecule has 0 aliphatic heterocycles. The molecule has 2 aliphatic carbocycles. The molecule has 1 heterocycles. The topological polar surface area (TPSA) is 13.1 Å². The van der Waals surface area contributed by atoms with Crippen LogP contribution in [0, 0.1) is 5.92 Å². The van der Waals surface area contributed by atoms with Crippen molar-refractivity contribution in [3.8, 4) is 11.1 Å². The van der Waals surface area contributed by atoms with Crippen LogP contribution >= 0.6 is 0 Å². The number of benzene rings is 4. The van der Waals surface area contributed by atoms with E-state index in [9.17, 15) is 0 Å². The number of fused-ring (bicyclic) bond motifs is 3. The van der Waals surface area contributed by atoms with Gasteiger partial charge in [-0.15, -0.1) is 0 Å². The summed E-state index contributed by atoms with van der Waals surface area (Å²) in [4.78, 5) is 0. The normalized spacial score (nSPS) is 15.7. The third-order valence-corrected chi connectivity index (χ3v) is 17.7. The second kappa shape index (κ2) is 11.9. The van der Waals surface area contributed by atoms with E-state index in [2.05, 4.69) is 158 Å². The zero-order valence-corrected chi connectivity index (χ0v) is 30.7. The van der Waals surface area contributed by atoms with Crippen molar-refractivity contribution in [3.05, 3.63) is 164 Å². The van der Waals surface area contributed by atoms with Gasteiger partial charge >= 0.3 is 284 Å². The van der Waals surface area contributed by atoms with Crippen LogP contribution < -0.4 is 3.27 Å². The van der Waals surface area contributed by atoms with E-state index in [1.165, 1.54) is 44.5 Å². The van der Waals surface area contributed by atoms with Crippen molar-refractivity contribution in [2.24, 2.45) is 5.92 Å². The summed E-state index contributed by atoms with van der Waals surface area (Å²) in [6, 6.07) is 39.0. The molecule has 7 rings (SSSR count). The van der Waals surface area contributed by atoms with Gasteiger partial charge in [-0.25, -0.2) is 0 Å². The summed E-state index contributed by atoms with van der Waals surface area (Å²) in [5.74, 6) is 1.29. The summed E-state index contributed by atoms with van der Waals surface area (Å²) in [5, 5.41) is 0. The van der Waals surface area contributed by atoms with E-state index in [0.29, 0.717) is 5.92 Å². The van der Waals surface area contributed by atoms with Gasteiger partial charge in [-0.2, -0.15) is 0 Å². The molecule has 0 saturated heterocycles. The van der Waals surface area contributed by atoms with Crippen LogP contribution in [0.2, 0.25) is 0 Å². The first-order chi connectivity index (χ1) is 22.0. The van der Waals surface area contributed by atoms with Crippen LogP contribution in [0.4, 0.5) is 0 Å². The molecule has 1 nitrogen and oxygen atoms in total. The second-order valence-corrected chi connectivity index (χ2v) is 20.9. The summed E-state index contributed by atoms with van der Waals surface area (Å²) in [5.41, 5.74) is 12.8. The minimum atomic E-state index is -2.93. The molecule has 230 valence electrons. The number of hydrogen-bond acceptors (Lipinski definition) is 1. The molecule has 4 aromatic carbocycles. The number of allylic oxidation sites excluding steroid dienone is 4. The first kappa shape index (κ1) is 31.0. The quantitative estimate of drug-likeness (QED) is 0.177. The molecule has 0 N–H and O–H groups in total. The van der Waals surface area contributed by atoms with Gasteiger partial charge in [0.15, 0.2) is 0 Å². The Bertz CT molecular complexity index is 1970. The molecule has 0 spiro atoms. The van der Waals surface area contributed by atoms with E-state index in [-0.39, 0.29) is 10.8 Å². The van der Waals surface area contributed by atoms with Gasteiger partial charge < -0.3 is 0 Å². The van der Waals surface area contributed by atoms with Gasteiger partial charge in [-0.1, -0.05) is 0 Å². The SMILES string of the molecule is CC1C=C(c2ccco2)C=[C]1[Zr](=[C](c1ccccc1)c1ccccc1)[c]1cc(C(C)(C)C)cc2c1Cc1ccc(C(C)(C)C)cc1-2. The van der Waals surface area contributed by atoms with Crippen molar-refractivity contribution < 1.29 is 25.7 Å². The maximum atomic E-state index is 5.95. The Morgan fingerprint density at radius 2 is 1.33 bits per heavy atom. The molecule has 1 atom stereocenters. The van der Waals surface area contributed by atoms with Crippen LogP contribution in [-0.2, 0) is 38.5 Å². The fourth-order valence-electron chi connectivity index (χ4n) is 7.10. The van der Waals surface area contributed by atoms with Gasteiger partial charge in [0.05, 0.1) is 0 Å². The molecule has 0 amide bonds. The van der Waals surface area contributed by atoms with E-state index in [4.69, 9.17) is 4.42 Å². The standard InChI is InChI=1S/C21H25.C13H10.C10H9O.Zr/c1-20(2,3)16-9-7-14-11-15-8-10-17(21(4,5)6)13-19(15)18(14)12-16;1-3-7-12(8-4-1)11-13-9-5-2-6-10-13;1-8-4-5-9(7-8)10-3-2-6-11-10;/h7,9-10,12-13H,11H2,1-6H3;1-10H;2-3,5-8H,1H3;. The van der Waals surface area contributed by atoms with E-state index >= 15 is 0 Å².